The number of nitrogens with one attached hydrogen (secondary N) is 1. The van der Waals surface area contributed by atoms with E-state index in [0.29, 0.717) is 38.7 Å². The minimum Gasteiger partial charge on any atom is -0.493 e. The molecule has 3 aromatic rings. The van der Waals surface area contributed by atoms with E-state index in [1.54, 1.807) is 30.3 Å². The van der Waals surface area contributed by atoms with E-state index in [-0.39, 0.29) is 12.4 Å². The minimum absolute atomic E-state index is 0.175. The van der Waals surface area contributed by atoms with Gasteiger partial charge in [-0.15, -0.1) is 0 Å². The monoisotopic (exact) mass is 439 g/mol. The lowest BCUT2D eigenvalue weighted by Gasteiger charge is -2.15. The summed E-state index contributed by atoms with van der Waals surface area (Å²) < 4.78 is 24.5. The predicted molar refractivity (Wildman–Crippen MR) is 113 cm³/mol. The number of rotatable bonds is 7. The maximum atomic E-state index is 13.3. The molecule has 0 radical (unpaired) electrons. The largest absolute Gasteiger partial charge is 0.493 e. The Morgan fingerprint density at radius 2 is 1.71 bits per heavy atom. The van der Waals surface area contributed by atoms with E-state index in [1.165, 1.54) is 19.2 Å². The molecular weight excluding hydrogens is 424 g/mol. The third kappa shape index (κ3) is 5.22. The smallest absolute Gasteiger partial charge is 0.180 e. The van der Waals surface area contributed by atoms with Gasteiger partial charge in [-0.25, -0.2) is 4.39 Å². The second-order valence-electron chi connectivity index (χ2n) is 6.01. The number of hydrogen-bond acceptors (Lipinski definition) is 3. The summed E-state index contributed by atoms with van der Waals surface area (Å²) >= 11 is 18.4. The van der Waals surface area contributed by atoms with Crippen molar-refractivity contribution in [3.05, 3.63) is 86.6 Å². The molecule has 0 amide bonds. The fourth-order valence-electron chi connectivity index (χ4n) is 2.61. The second-order valence-corrected chi connectivity index (χ2v) is 7.23. The van der Waals surface area contributed by atoms with Gasteiger partial charge in [-0.2, -0.15) is 0 Å². The highest BCUT2D eigenvalue weighted by molar-refractivity contribution is 6.42. The van der Waals surface area contributed by atoms with Gasteiger partial charge in [0.25, 0.3) is 0 Å². The van der Waals surface area contributed by atoms with Crippen molar-refractivity contribution < 1.29 is 13.9 Å². The Morgan fingerprint density at radius 3 is 2.43 bits per heavy atom. The molecule has 0 bridgehead atoms. The topological polar surface area (TPSA) is 30.5 Å². The Bertz CT molecular complexity index is 982. The van der Waals surface area contributed by atoms with Gasteiger partial charge < -0.3 is 14.8 Å². The molecule has 3 aromatic carbocycles. The van der Waals surface area contributed by atoms with Crippen molar-refractivity contribution in [3.63, 3.8) is 0 Å². The van der Waals surface area contributed by atoms with Gasteiger partial charge >= 0.3 is 0 Å². The summed E-state index contributed by atoms with van der Waals surface area (Å²) in [5, 5.41) is 4.63. The molecule has 0 spiro atoms. The molecule has 3 nitrogen and oxygen atoms in total. The van der Waals surface area contributed by atoms with E-state index in [1.807, 2.05) is 12.1 Å². The molecule has 0 fully saturated rings. The van der Waals surface area contributed by atoms with Crippen LogP contribution in [-0.4, -0.2) is 7.11 Å². The highest BCUT2D eigenvalue weighted by Crippen LogP contribution is 2.37. The van der Waals surface area contributed by atoms with Crippen LogP contribution >= 0.6 is 34.8 Å². The molecule has 7 heteroatoms. The molecular formula is C21H17Cl3FNO2. The van der Waals surface area contributed by atoms with Crippen LogP contribution < -0.4 is 14.8 Å². The van der Waals surface area contributed by atoms with Crippen molar-refractivity contribution in [2.45, 2.75) is 13.2 Å². The summed E-state index contributed by atoms with van der Waals surface area (Å²) in [5.41, 5.74) is 2.42. The van der Waals surface area contributed by atoms with E-state index in [0.717, 1.165) is 11.3 Å². The van der Waals surface area contributed by atoms with E-state index in [9.17, 15) is 4.39 Å². The number of methoxy groups -OCH3 is 1. The van der Waals surface area contributed by atoms with Gasteiger partial charge in [-0.3, -0.25) is 0 Å². The lowest BCUT2D eigenvalue weighted by molar-refractivity contribution is 0.284. The summed E-state index contributed by atoms with van der Waals surface area (Å²) in [4.78, 5) is 0. The number of halogens is 4. The third-order valence-electron chi connectivity index (χ3n) is 3.98. The molecule has 1 N–H and O–H groups in total. The quantitative estimate of drug-likeness (QED) is 0.429. The van der Waals surface area contributed by atoms with Crippen molar-refractivity contribution in [1.29, 1.82) is 0 Å². The summed E-state index contributed by atoms with van der Waals surface area (Å²) in [5.74, 6) is 0.587. The van der Waals surface area contributed by atoms with Crippen LogP contribution in [0.5, 0.6) is 11.5 Å². The molecule has 0 aliphatic carbocycles. The van der Waals surface area contributed by atoms with E-state index in [4.69, 9.17) is 44.3 Å². The summed E-state index contributed by atoms with van der Waals surface area (Å²) in [6, 6.07) is 15.1. The van der Waals surface area contributed by atoms with Gasteiger partial charge in [-0.1, -0.05) is 46.9 Å². The normalized spacial score (nSPS) is 10.6. The second kappa shape index (κ2) is 9.37. The average molecular weight is 441 g/mol. The molecule has 146 valence electrons. The Kier molecular flexibility index (Phi) is 6.89. The summed E-state index contributed by atoms with van der Waals surface area (Å²) in [7, 11) is 1.54. The van der Waals surface area contributed by atoms with Crippen LogP contribution in [0.4, 0.5) is 10.1 Å². The first-order valence-corrected chi connectivity index (χ1v) is 9.52. The van der Waals surface area contributed by atoms with Crippen LogP contribution in [-0.2, 0) is 13.2 Å². The zero-order valence-corrected chi connectivity index (χ0v) is 17.2. The molecule has 28 heavy (non-hydrogen) atoms. The first-order valence-electron chi connectivity index (χ1n) is 8.39. The minimum atomic E-state index is -0.317. The van der Waals surface area contributed by atoms with Crippen molar-refractivity contribution in [1.82, 2.24) is 0 Å². The fraction of sp³-hybridized carbons (Fsp3) is 0.143. The maximum absolute atomic E-state index is 13.3. The zero-order valence-electron chi connectivity index (χ0n) is 14.9. The number of anilines is 1. The summed E-state index contributed by atoms with van der Waals surface area (Å²) in [6.45, 7) is 0.674. The van der Waals surface area contributed by atoms with Crippen molar-refractivity contribution in [2.75, 3.05) is 12.4 Å². The highest BCUT2D eigenvalue weighted by Gasteiger charge is 2.13. The van der Waals surface area contributed by atoms with Gasteiger partial charge in [-0.05, 0) is 53.6 Å². The molecule has 0 aliphatic rings. The van der Waals surface area contributed by atoms with Crippen LogP contribution in [0.25, 0.3) is 0 Å². The van der Waals surface area contributed by atoms with Gasteiger partial charge in [0.1, 0.15) is 12.4 Å². The third-order valence-corrected chi connectivity index (χ3v) is 5.00. The van der Waals surface area contributed by atoms with Gasteiger partial charge in [0.05, 0.1) is 22.2 Å². The lowest BCUT2D eigenvalue weighted by Crippen LogP contribution is -2.03. The number of hydrogen-bond donors (Lipinski definition) is 1. The SMILES string of the molecule is COc1cc(CNc2ccc(Cl)c(Cl)c2)cc(Cl)c1OCc1cccc(F)c1. The van der Waals surface area contributed by atoms with Crippen LogP contribution in [0.3, 0.4) is 0 Å². The van der Waals surface area contributed by atoms with Crippen molar-refractivity contribution in [3.8, 4) is 11.5 Å². The van der Waals surface area contributed by atoms with Crippen LogP contribution in [0, 0.1) is 5.82 Å². The Hall–Kier alpha value is -2.14. The van der Waals surface area contributed by atoms with E-state index < -0.39 is 0 Å². The molecule has 0 saturated heterocycles. The highest BCUT2D eigenvalue weighted by atomic mass is 35.5. The Labute approximate surface area is 177 Å². The Morgan fingerprint density at radius 1 is 0.893 bits per heavy atom. The van der Waals surface area contributed by atoms with E-state index >= 15 is 0 Å². The first kappa shape index (κ1) is 20.6. The molecule has 0 saturated carbocycles. The fourth-order valence-corrected chi connectivity index (χ4v) is 3.19. The van der Waals surface area contributed by atoms with Gasteiger partial charge in [0, 0.05) is 12.2 Å². The number of benzene rings is 3. The molecule has 0 atom stereocenters. The van der Waals surface area contributed by atoms with Crippen LogP contribution in [0.2, 0.25) is 15.1 Å². The summed E-state index contributed by atoms with van der Waals surface area (Å²) in [6.07, 6.45) is 0. The maximum Gasteiger partial charge on any atom is 0.180 e. The van der Waals surface area contributed by atoms with Crippen LogP contribution in [0.15, 0.2) is 54.6 Å². The standard InChI is InChI=1S/C21H17Cl3FNO2/c1-27-20-9-14(11-26-16-5-6-17(22)18(23)10-16)8-19(24)21(20)28-12-13-3-2-4-15(25)7-13/h2-10,26H,11-12H2,1H3. The lowest BCUT2D eigenvalue weighted by atomic mass is 10.2. The van der Waals surface area contributed by atoms with Crippen molar-refractivity contribution >= 4 is 40.5 Å². The van der Waals surface area contributed by atoms with Gasteiger partial charge in [0.15, 0.2) is 11.5 Å². The molecule has 0 aliphatic heterocycles. The Balaban J connectivity index is 1.72. The molecule has 0 aromatic heterocycles. The number of ether oxygens (including phenoxy) is 2. The zero-order chi connectivity index (χ0) is 20.1. The van der Waals surface area contributed by atoms with Gasteiger partial charge in [0.2, 0.25) is 0 Å². The molecule has 3 rings (SSSR count). The van der Waals surface area contributed by atoms with Crippen LogP contribution in [0.1, 0.15) is 11.1 Å². The average Bonchev–Trinajstić information content (AvgIpc) is 2.67. The molecule has 0 unspecified atom stereocenters. The predicted octanol–water partition coefficient (Wildman–Crippen LogP) is 6.99. The first-order chi connectivity index (χ1) is 13.5. The molecule has 0 heterocycles. The van der Waals surface area contributed by atoms with E-state index in [2.05, 4.69) is 5.32 Å². The van der Waals surface area contributed by atoms with Crippen molar-refractivity contribution in [2.24, 2.45) is 0 Å².